The third kappa shape index (κ3) is 3.72. The Kier molecular flexibility index (Phi) is 5.41. The minimum Gasteiger partial charge on any atom is -0.369 e. The van der Waals surface area contributed by atoms with E-state index in [1.165, 1.54) is 19.3 Å². The Bertz CT molecular complexity index is 433. The van der Waals surface area contributed by atoms with Crippen LogP contribution < -0.4 is 10.6 Å². The molecule has 3 heteroatoms. The summed E-state index contributed by atoms with van der Waals surface area (Å²) in [6, 6.07) is 5.75. The Morgan fingerprint density at radius 3 is 2.85 bits per heavy atom. The van der Waals surface area contributed by atoms with E-state index in [1.54, 1.807) is 6.07 Å². The lowest BCUT2D eigenvalue weighted by atomic mass is 10.0. The molecule has 2 N–H and O–H groups in total. The number of hydrogen-bond donors (Lipinski definition) is 1. The van der Waals surface area contributed by atoms with Gasteiger partial charge in [-0.25, -0.2) is 4.39 Å². The Morgan fingerprint density at radius 2 is 2.20 bits per heavy atom. The molecule has 1 aromatic carbocycles. The van der Waals surface area contributed by atoms with Gasteiger partial charge in [0.1, 0.15) is 5.82 Å². The quantitative estimate of drug-likeness (QED) is 0.859. The van der Waals surface area contributed by atoms with Crippen LogP contribution in [0.4, 0.5) is 10.1 Å². The minimum atomic E-state index is -0.0945. The van der Waals surface area contributed by atoms with E-state index in [4.69, 9.17) is 5.73 Å². The fourth-order valence-electron chi connectivity index (χ4n) is 3.08. The number of halogens is 1. The second-order valence-electron chi connectivity index (χ2n) is 6.05. The summed E-state index contributed by atoms with van der Waals surface area (Å²) in [7, 11) is 0. The van der Waals surface area contributed by atoms with Crippen molar-refractivity contribution in [2.75, 3.05) is 18.0 Å². The van der Waals surface area contributed by atoms with Crippen molar-refractivity contribution in [2.45, 2.75) is 52.0 Å². The molecule has 0 aliphatic carbocycles. The van der Waals surface area contributed by atoms with Gasteiger partial charge in [-0.3, -0.25) is 0 Å². The van der Waals surface area contributed by atoms with Gasteiger partial charge < -0.3 is 10.6 Å². The molecular formula is C17H27FN2. The normalized spacial score (nSPS) is 20.4. The van der Waals surface area contributed by atoms with Crippen molar-refractivity contribution in [1.29, 1.82) is 0 Å². The first kappa shape index (κ1) is 15.3. The van der Waals surface area contributed by atoms with E-state index in [1.807, 2.05) is 12.1 Å². The molecule has 2 atom stereocenters. The van der Waals surface area contributed by atoms with Crippen molar-refractivity contribution in [3.05, 3.63) is 29.6 Å². The van der Waals surface area contributed by atoms with Gasteiger partial charge in [-0.15, -0.1) is 0 Å². The highest BCUT2D eigenvalue weighted by atomic mass is 19.1. The van der Waals surface area contributed by atoms with E-state index in [-0.39, 0.29) is 11.9 Å². The first-order valence-electron chi connectivity index (χ1n) is 7.93. The predicted octanol–water partition coefficient (Wildman–Crippen LogP) is 3.73. The Morgan fingerprint density at radius 1 is 1.40 bits per heavy atom. The molecule has 112 valence electrons. The van der Waals surface area contributed by atoms with Crippen molar-refractivity contribution >= 4 is 5.69 Å². The summed E-state index contributed by atoms with van der Waals surface area (Å²) in [6.07, 6.45) is 5.34. The number of anilines is 1. The van der Waals surface area contributed by atoms with E-state index < -0.39 is 0 Å². The average molecular weight is 278 g/mol. The number of nitrogens with zero attached hydrogens (tertiary/aromatic N) is 1. The summed E-state index contributed by atoms with van der Waals surface area (Å²) < 4.78 is 14.3. The van der Waals surface area contributed by atoms with Gasteiger partial charge in [-0.1, -0.05) is 26.3 Å². The molecule has 2 nitrogen and oxygen atoms in total. The Hall–Kier alpha value is -1.09. The molecule has 0 spiro atoms. The van der Waals surface area contributed by atoms with Gasteiger partial charge in [0.2, 0.25) is 0 Å². The Balaban J connectivity index is 2.03. The van der Waals surface area contributed by atoms with Crippen LogP contribution in [0.5, 0.6) is 0 Å². The lowest BCUT2D eigenvalue weighted by Gasteiger charge is -2.20. The van der Waals surface area contributed by atoms with Gasteiger partial charge in [0.15, 0.2) is 0 Å². The lowest BCUT2D eigenvalue weighted by molar-refractivity contribution is 0.528. The molecule has 20 heavy (non-hydrogen) atoms. The van der Waals surface area contributed by atoms with Gasteiger partial charge in [-0.2, -0.15) is 0 Å². The van der Waals surface area contributed by atoms with Crippen LogP contribution in [0.25, 0.3) is 0 Å². The monoisotopic (exact) mass is 278 g/mol. The molecule has 1 aromatic rings. The highest BCUT2D eigenvalue weighted by Crippen LogP contribution is 2.29. The van der Waals surface area contributed by atoms with Crippen molar-refractivity contribution in [3.8, 4) is 0 Å². The van der Waals surface area contributed by atoms with E-state index in [2.05, 4.69) is 18.7 Å². The molecule has 1 aliphatic heterocycles. The lowest BCUT2D eigenvalue weighted by Crippen LogP contribution is -2.22. The zero-order chi connectivity index (χ0) is 14.5. The highest BCUT2D eigenvalue weighted by Gasteiger charge is 2.23. The third-order valence-corrected chi connectivity index (χ3v) is 4.36. The van der Waals surface area contributed by atoms with Crippen LogP contribution >= 0.6 is 0 Å². The van der Waals surface area contributed by atoms with Gasteiger partial charge in [0, 0.05) is 19.1 Å². The smallest absolute Gasteiger partial charge is 0.146 e. The fraction of sp³-hybridized carbons (Fsp3) is 0.647. The summed E-state index contributed by atoms with van der Waals surface area (Å²) in [6.45, 7) is 6.26. The largest absolute Gasteiger partial charge is 0.369 e. The number of hydrogen-bond acceptors (Lipinski definition) is 2. The maximum Gasteiger partial charge on any atom is 0.146 e. The second kappa shape index (κ2) is 7.07. The van der Waals surface area contributed by atoms with E-state index in [0.29, 0.717) is 0 Å². The summed E-state index contributed by atoms with van der Waals surface area (Å²) in [4.78, 5) is 2.19. The molecule has 0 amide bonds. The van der Waals surface area contributed by atoms with Crippen molar-refractivity contribution in [1.82, 2.24) is 0 Å². The van der Waals surface area contributed by atoms with Gasteiger partial charge in [0.25, 0.3) is 0 Å². The third-order valence-electron chi connectivity index (χ3n) is 4.36. The molecule has 0 radical (unpaired) electrons. The summed E-state index contributed by atoms with van der Waals surface area (Å²) >= 11 is 0. The van der Waals surface area contributed by atoms with Crippen LogP contribution in [0.3, 0.4) is 0 Å². The van der Waals surface area contributed by atoms with Crippen LogP contribution in [0.2, 0.25) is 0 Å². The van der Waals surface area contributed by atoms with E-state index >= 15 is 0 Å². The average Bonchev–Trinajstić information content (AvgIpc) is 2.87. The molecule has 1 saturated heterocycles. The molecule has 0 saturated carbocycles. The summed E-state index contributed by atoms with van der Waals surface area (Å²) in [5.41, 5.74) is 7.70. The van der Waals surface area contributed by atoms with E-state index in [9.17, 15) is 4.39 Å². The fourth-order valence-corrected chi connectivity index (χ4v) is 3.08. The van der Waals surface area contributed by atoms with Crippen LogP contribution in [0.1, 0.15) is 45.1 Å². The van der Waals surface area contributed by atoms with Gasteiger partial charge >= 0.3 is 0 Å². The zero-order valence-corrected chi connectivity index (χ0v) is 12.7. The molecule has 1 aliphatic rings. The van der Waals surface area contributed by atoms with Gasteiger partial charge in [0.05, 0.1) is 5.69 Å². The maximum atomic E-state index is 14.3. The molecule has 2 rings (SSSR count). The number of rotatable bonds is 6. The van der Waals surface area contributed by atoms with Gasteiger partial charge in [-0.05, 0) is 49.3 Å². The molecule has 1 heterocycles. The Labute approximate surface area is 122 Å². The summed E-state index contributed by atoms with van der Waals surface area (Å²) in [5, 5.41) is 0. The zero-order valence-electron chi connectivity index (χ0n) is 12.7. The van der Waals surface area contributed by atoms with Crippen molar-refractivity contribution in [2.24, 2.45) is 11.7 Å². The highest BCUT2D eigenvalue weighted by molar-refractivity contribution is 5.50. The van der Waals surface area contributed by atoms with E-state index in [0.717, 1.165) is 43.1 Å². The van der Waals surface area contributed by atoms with Crippen molar-refractivity contribution in [3.63, 3.8) is 0 Å². The molecule has 0 bridgehead atoms. The first-order valence-corrected chi connectivity index (χ1v) is 7.93. The summed E-state index contributed by atoms with van der Waals surface area (Å²) in [5.74, 6) is 0.635. The van der Waals surface area contributed by atoms with Crippen LogP contribution in [0, 0.1) is 11.7 Å². The predicted molar refractivity (Wildman–Crippen MR) is 83.6 cm³/mol. The van der Waals surface area contributed by atoms with Crippen LogP contribution in [-0.4, -0.2) is 19.1 Å². The van der Waals surface area contributed by atoms with Crippen LogP contribution in [-0.2, 0) is 6.42 Å². The molecule has 1 fully saturated rings. The molecule has 2 unspecified atom stereocenters. The standard InChI is InChI=1S/C17H27FN2/c1-3-5-13-8-9-20(12-13)17-7-6-14(11-16(17)18)10-15(19)4-2/h6-7,11,13,15H,3-5,8-10,12,19H2,1-2H3. The van der Waals surface area contributed by atoms with Crippen molar-refractivity contribution < 1.29 is 4.39 Å². The number of benzene rings is 1. The SMILES string of the molecule is CCCC1CCN(c2ccc(CC(N)CC)cc2F)C1. The minimum absolute atomic E-state index is 0.0945. The molecule has 0 aromatic heterocycles. The number of nitrogens with two attached hydrogens (primary N) is 1. The first-order chi connectivity index (χ1) is 9.63. The topological polar surface area (TPSA) is 29.3 Å². The molecular weight excluding hydrogens is 251 g/mol. The van der Waals surface area contributed by atoms with Crippen LogP contribution in [0.15, 0.2) is 18.2 Å². The maximum absolute atomic E-state index is 14.3. The second-order valence-corrected chi connectivity index (χ2v) is 6.05.